The van der Waals surface area contributed by atoms with Crippen LogP contribution in [0.3, 0.4) is 0 Å². The van der Waals surface area contributed by atoms with Crippen molar-refractivity contribution < 1.29 is 12.2 Å². The Bertz CT molecular complexity index is 581. The number of nitrogens with zero attached hydrogens (tertiary/aromatic N) is 4. The molecule has 1 unspecified atom stereocenters. The molecule has 9 heteroatoms. The Labute approximate surface area is 204 Å². The van der Waals surface area contributed by atoms with E-state index in [1.807, 2.05) is 11.7 Å². The maximum Gasteiger partial charge on any atom is 0.402 e. The number of guanidine groups is 1. The van der Waals surface area contributed by atoms with Crippen molar-refractivity contribution in [2.24, 2.45) is 4.76 Å². The van der Waals surface area contributed by atoms with Gasteiger partial charge in [-0.25, -0.2) is 12.1 Å². The molecule has 2 rings (SSSR count). The van der Waals surface area contributed by atoms with Gasteiger partial charge in [0.05, 0.1) is 12.7 Å². The third-order valence-corrected chi connectivity index (χ3v) is 9.58. The van der Waals surface area contributed by atoms with Crippen molar-refractivity contribution in [1.29, 1.82) is 0 Å². The second kappa shape index (κ2) is 15.1. The molecular weight excluding hydrogens is 526 g/mol. The molecule has 2 heterocycles. The second-order valence-electron chi connectivity index (χ2n) is 8.86. The van der Waals surface area contributed by atoms with Crippen LogP contribution in [0.2, 0.25) is 0 Å². The summed E-state index contributed by atoms with van der Waals surface area (Å²) in [6, 6.07) is 0. The lowest BCUT2D eigenvalue weighted by molar-refractivity contribution is -0.00549. The predicted octanol–water partition coefficient (Wildman–Crippen LogP) is 6.10. The first-order valence-electron chi connectivity index (χ1n) is 12.4. The van der Waals surface area contributed by atoms with Crippen molar-refractivity contribution >= 4 is 36.6 Å². The molecule has 2 aliphatic heterocycles. The van der Waals surface area contributed by atoms with Crippen LogP contribution in [0.1, 0.15) is 84.5 Å². The normalized spacial score (nSPS) is 23.6. The Morgan fingerprint density at radius 1 is 1.03 bits per heavy atom. The standard InChI is InChI=1S/C22H44IN4O3P/c1-4-6-7-8-9-10-11-12-13-14-15-26-17-16-25(3)22(26)24-31(28,30-23)27-18-19-29-21(5-2)20-27/h21H,4-20H2,1-3H3/b24-22-/t21-,31?/m1/s1. The van der Waals surface area contributed by atoms with E-state index >= 15 is 0 Å². The van der Waals surface area contributed by atoms with Gasteiger partial charge in [-0.15, -0.1) is 0 Å². The van der Waals surface area contributed by atoms with Crippen LogP contribution < -0.4 is 0 Å². The molecule has 182 valence electrons. The van der Waals surface area contributed by atoms with E-state index < -0.39 is 7.67 Å². The van der Waals surface area contributed by atoms with E-state index in [1.54, 1.807) is 23.0 Å². The summed E-state index contributed by atoms with van der Waals surface area (Å²) in [7, 11) is -1.24. The molecular formula is C22H44IN4O3P. The van der Waals surface area contributed by atoms with Crippen molar-refractivity contribution in [2.75, 3.05) is 46.4 Å². The highest BCUT2D eigenvalue weighted by Crippen LogP contribution is 2.55. The van der Waals surface area contributed by atoms with Crippen LogP contribution in [0.25, 0.3) is 0 Å². The molecule has 2 fully saturated rings. The van der Waals surface area contributed by atoms with Crippen LogP contribution in [0, 0.1) is 0 Å². The summed E-state index contributed by atoms with van der Waals surface area (Å²) in [5.74, 6) is 0.815. The Hall–Kier alpha value is 0.110. The van der Waals surface area contributed by atoms with Gasteiger partial charge in [0.2, 0.25) is 5.96 Å². The first kappa shape index (κ1) is 27.4. The van der Waals surface area contributed by atoms with Gasteiger partial charge in [0, 0.05) is 39.8 Å². The zero-order valence-corrected chi connectivity index (χ0v) is 23.0. The smallest absolute Gasteiger partial charge is 0.376 e. The first-order chi connectivity index (χ1) is 15.0. The van der Waals surface area contributed by atoms with Crippen LogP contribution in [0.4, 0.5) is 0 Å². The molecule has 2 aliphatic rings. The average Bonchev–Trinajstić information content (AvgIpc) is 3.13. The molecule has 0 aromatic heterocycles. The number of unbranched alkanes of at least 4 members (excludes halogenated alkanes) is 9. The van der Waals surface area contributed by atoms with Gasteiger partial charge >= 0.3 is 7.67 Å². The third kappa shape index (κ3) is 9.11. The maximum absolute atomic E-state index is 13.6. The van der Waals surface area contributed by atoms with Gasteiger partial charge in [-0.05, 0) is 12.8 Å². The van der Waals surface area contributed by atoms with Crippen molar-refractivity contribution in [3.05, 3.63) is 0 Å². The predicted molar refractivity (Wildman–Crippen MR) is 138 cm³/mol. The molecule has 0 radical (unpaired) electrons. The fraction of sp³-hybridized carbons (Fsp3) is 0.955. The highest BCUT2D eigenvalue weighted by molar-refractivity contribution is 14.1. The van der Waals surface area contributed by atoms with E-state index in [9.17, 15) is 4.57 Å². The summed E-state index contributed by atoms with van der Waals surface area (Å²) in [6.45, 7) is 8.97. The molecule has 31 heavy (non-hydrogen) atoms. The van der Waals surface area contributed by atoms with Crippen molar-refractivity contribution in [3.8, 4) is 0 Å². The van der Waals surface area contributed by atoms with Gasteiger partial charge in [-0.1, -0.05) is 71.6 Å². The highest BCUT2D eigenvalue weighted by atomic mass is 127. The number of morpholine rings is 1. The Balaban J connectivity index is 1.79. The van der Waals surface area contributed by atoms with Gasteiger partial charge in [0.25, 0.3) is 0 Å². The molecule has 0 saturated carbocycles. The van der Waals surface area contributed by atoms with Crippen LogP contribution >= 0.6 is 30.7 Å². The van der Waals surface area contributed by atoms with Crippen LogP contribution in [0.15, 0.2) is 4.76 Å². The molecule has 0 aromatic rings. The summed E-state index contributed by atoms with van der Waals surface area (Å²) < 4.78 is 31.4. The van der Waals surface area contributed by atoms with E-state index in [4.69, 9.17) is 12.4 Å². The van der Waals surface area contributed by atoms with Gasteiger partial charge in [0.15, 0.2) is 0 Å². The van der Waals surface area contributed by atoms with Gasteiger partial charge in [0.1, 0.15) is 23.0 Å². The topological polar surface area (TPSA) is 57.6 Å². The van der Waals surface area contributed by atoms with Crippen molar-refractivity contribution in [2.45, 2.75) is 90.6 Å². The fourth-order valence-electron chi connectivity index (χ4n) is 4.27. The highest BCUT2D eigenvalue weighted by Gasteiger charge is 2.38. The van der Waals surface area contributed by atoms with E-state index in [2.05, 4.69) is 23.6 Å². The molecule has 2 saturated heterocycles. The molecule has 0 spiro atoms. The number of rotatable bonds is 15. The average molecular weight is 570 g/mol. The SMILES string of the molecule is CCCCCCCCCCCCN1CCN(C)/C1=N/P(=O)(OI)N1CCO[C@H](CC)C1. The zero-order chi connectivity index (χ0) is 22.5. The van der Waals surface area contributed by atoms with E-state index in [0.717, 1.165) is 38.4 Å². The quantitative estimate of drug-likeness (QED) is 0.135. The number of hydrogen-bond donors (Lipinski definition) is 0. The van der Waals surface area contributed by atoms with Crippen molar-refractivity contribution in [1.82, 2.24) is 14.5 Å². The molecule has 0 aromatic carbocycles. The van der Waals surface area contributed by atoms with Crippen molar-refractivity contribution in [3.63, 3.8) is 0 Å². The Morgan fingerprint density at radius 3 is 2.29 bits per heavy atom. The monoisotopic (exact) mass is 570 g/mol. The minimum absolute atomic E-state index is 0.0953. The summed E-state index contributed by atoms with van der Waals surface area (Å²) in [4.78, 5) is 4.39. The minimum Gasteiger partial charge on any atom is -0.376 e. The van der Waals surface area contributed by atoms with E-state index in [-0.39, 0.29) is 6.10 Å². The lowest BCUT2D eigenvalue weighted by Gasteiger charge is -2.34. The summed E-state index contributed by atoms with van der Waals surface area (Å²) in [5.41, 5.74) is 0. The number of hydrogen-bond acceptors (Lipinski definition) is 3. The molecule has 0 amide bonds. The summed E-state index contributed by atoms with van der Waals surface area (Å²) in [6.07, 6.45) is 14.3. The zero-order valence-electron chi connectivity index (χ0n) is 19.9. The molecule has 0 bridgehead atoms. The Kier molecular flexibility index (Phi) is 13.3. The second-order valence-corrected chi connectivity index (χ2v) is 11.9. The largest absolute Gasteiger partial charge is 0.402 e. The van der Waals surface area contributed by atoms with Crippen LogP contribution in [0.5, 0.6) is 0 Å². The van der Waals surface area contributed by atoms with Crippen LogP contribution in [-0.4, -0.2) is 72.9 Å². The fourth-order valence-corrected chi connectivity index (χ4v) is 6.75. The number of likely N-dealkylation sites (N-methyl/N-ethyl adjacent to an activating group) is 1. The molecule has 0 N–H and O–H groups in total. The van der Waals surface area contributed by atoms with E-state index in [1.165, 1.54) is 57.8 Å². The third-order valence-electron chi connectivity index (χ3n) is 6.35. The number of ether oxygens (including phenoxy) is 1. The van der Waals surface area contributed by atoms with Gasteiger partial charge in [-0.3, -0.25) is 0 Å². The van der Waals surface area contributed by atoms with Gasteiger partial charge in [-0.2, -0.15) is 4.76 Å². The number of halogens is 1. The first-order valence-corrected chi connectivity index (χ1v) is 14.8. The summed E-state index contributed by atoms with van der Waals surface area (Å²) in [5, 5.41) is 0. The molecule has 0 aliphatic carbocycles. The lowest BCUT2D eigenvalue weighted by Crippen LogP contribution is -2.40. The lowest BCUT2D eigenvalue weighted by atomic mass is 10.1. The van der Waals surface area contributed by atoms with Crippen LogP contribution in [-0.2, 0) is 12.2 Å². The molecule has 2 atom stereocenters. The summed E-state index contributed by atoms with van der Waals surface area (Å²) >= 11 is 1.76. The van der Waals surface area contributed by atoms with Gasteiger partial charge < -0.3 is 14.5 Å². The van der Waals surface area contributed by atoms with E-state index in [0.29, 0.717) is 19.7 Å². The minimum atomic E-state index is -3.27. The Morgan fingerprint density at radius 2 is 1.68 bits per heavy atom. The molecule has 7 nitrogen and oxygen atoms in total. The maximum atomic E-state index is 13.6.